The first kappa shape index (κ1) is 7.41. The normalized spacial score (nSPS) is 9.30. The van der Waals surface area contributed by atoms with Gasteiger partial charge in [-0.3, -0.25) is 9.78 Å². The average molecular weight is 200 g/mol. The van der Waals surface area contributed by atoms with E-state index in [1.165, 1.54) is 0 Å². The first-order chi connectivity index (χ1) is 4.86. The molecule has 0 unspecified atom stereocenters. The number of carbonyl (C=O) groups is 1. The molecule has 3 heteroatoms. The van der Waals surface area contributed by atoms with Crippen molar-refractivity contribution in [1.82, 2.24) is 4.98 Å². The zero-order valence-corrected chi connectivity index (χ0v) is 6.84. The van der Waals surface area contributed by atoms with Crippen LogP contribution in [0.1, 0.15) is 16.1 Å². The monoisotopic (exact) mass is 199 g/mol. The van der Waals surface area contributed by atoms with Gasteiger partial charge in [-0.05, 0) is 11.6 Å². The predicted molar refractivity (Wildman–Crippen MR) is 42.3 cm³/mol. The van der Waals surface area contributed by atoms with Crippen molar-refractivity contribution in [2.24, 2.45) is 0 Å². The fourth-order valence-electron chi connectivity index (χ4n) is 0.585. The van der Waals surface area contributed by atoms with Crippen LogP contribution in [0.15, 0.2) is 18.3 Å². The summed E-state index contributed by atoms with van der Waals surface area (Å²) >= 11 is 3.28. The first-order valence-electron chi connectivity index (χ1n) is 2.83. The SMILES string of the molecule is O=Cc1ccc(CBr)cn1. The van der Waals surface area contributed by atoms with Crippen molar-refractivity contribution in [2.45, 2.75) is 5.33 Å². The van der Waals surface area contributed by atoms with Gasteiger partial charge in [0.15, 0.2) is 6.29 Å². The average Bonchev–Trinajstić information content (AvgIpc) is 2.05. The van der Waals surface area contributed by atoms with E-state index in [2.05, 4.69) is 20.9 Å². The summed E-state index contributed by atoms with van der Waals surface area (Å²) in [6, 6.07) is 3.56. The summed E-state index contributed by atoms with van der Waals surface area (Å²) in [6.45, 7) is 0. The van der Waals surface area contributed by atoms with Gasteiger partial charge in [0.25, 0.3) is 0 Å². The highest BCUT2D eigenvalue weighted by Gasteiger charge is 1.90. The molecule has 0 aliphatic carbocycles. The van der Waals surface area contributed by atoms with E-state index in [-0.39, 0.29) is 0 Å². The molecule has 0 aromatic carbocycles. The molecule has 0 atom stereocenters. The Balaban J connectivity index is 2.90. The maximum Gasteiger partial charge on any atom is 0.168 e. The topological polar surface area (TPSA) is 30.0 Å². The van der Waals surface area contributed by atoms with Crippen LogP contribution in [-0.4, -0.2) is 11.3 Å². The van der Waals surface area contributed by atoms with Crippen LogP contribution in [0.4, 0.5) is 0 Å². The Kier molecular flexibility index (Phi) is 2.57. The third kappa shape index (κ3) is 1.64. The molecule has 0 saturated carbocycles. The van der Waals surface area contributed by atoms with Gasteiger partial charge in [-0.1, -0.05) is 22.0 Å². The van der Waals surface area contributed by atoms with Crippen LogP contribution >= 0.6 is 15.9 Å². The summed E-state index contributed by atoms with van der Waals surface area (Å²) in [4.78, 5) is 14.0. The van der Waals surface area contributed by atoms with Gasteiger partial charge < -0.3 is 0 Å². The largest absolute Gasteiger partial charge is 0.296 e. The molecule has 1 aromatic heterocycles. The fraction of sp³-hybridized carbons (Fsp3) is 0.143. The second-order valence-corrected chi connectivity index (χ2v) is 2.40. The summed E-state index contributed by atoms with van der Waals surface area (Å²) in [7, 11) is 0. The van der Waals surface area contributed by atoms with E-state index in [9.17, 15) is 4.79 Å². The van der Waals surface area contributed by atoms with Crippen molar-refractivity contribution in [3.8, 4) is 0 Å². The first-order valence-corrected chi connectivity index (χ1v) is 3.95. The molecule has 0 aliphatic heterocycles. The second-order valence-electron chi connectivity index (χ2n) is 1.84. The van der Waals surface area contributed by atoms with Crippen LogP contribution in [0.25, 0.3) is 0 Å². The molecule has 2 nitrogen and oxygen atoms in total. The fourth-order valence-corrected chi connectivity index (χ4v) is 0.916. The van der Waals surface area contributed by atoms with E-state index in [1.807, 2.05) is 6.07 Å². The number of alkyl halides is 1. The molecule has 0 radical (unpaired) electrons. The molecule has 0 fully saturated rings. The molecule has 52 valence electrons. The molecule has 10 heavy (non-hydrogen) atoms. The summed E-state index contributed by atoms with van der Waals surface area (Å²) in [5.74, 6) is 0. The van der Waals surface area contributed by atoms with Gasteiger partial charge in [0.1, 0.15) is 5.69 Å². The van der Waals surface area contributed by atoms with Crippen molar-refractivity contribution in [3.05, 3.63) is 29.6 Å². The third-order valence-corrected chi connectivity index (χ3v) is 1.77. The highest BCUT2D eigenvalue weighted by molar-refractivity contribution is 9.08. The molecule has 0 spiro atoms. The lowest BCUT2D eigenvalue weighted by Crippen LogP contribution is -1.86. The van der Waals surface area contributed by atoms with E-state index in [1.54, 1.807) is 12.3 Å². The summed E-state index contributed by atoms with van der Waals surface area (Å²) in [5, 5.41) is 0.777. The standard InChI is InChI=1S/C7H6BrNO/c8-3-6-1-2-7(5-10)9-4-6/h1-2,4-5H,3H2. The number of aromatic nitrogens is 1. The number of hydrogen-bond acceptors (Lipinski definition) is 2. The lowest BCUT2D eigenvalue weighted by Gasteiger charge is -1.92. The Labute approximate surface area is 67.4 Å². The Morgan fingerprint density at radius 3 is 2.80 bits per heavy atom. The number of hydrogen-bond donors (Lipinski definition) is 0. The third-order valence-electron chi connectivity index (χ3n) is 1.12. The smallest absolute Gasteiger partial charge is 0.168 e. The Bertz CT molecular complexity index is 220. The van der Waals surface area contributed by atoms with E-state index in [0.29, 0.717) is 5.69 Å². The van der Waals surface area contributed by atoms with Crippen molar-refractivity contribution < 1.29 is 4.79 Å². The van der Waals surface area contributed by atoms with Gasteiger partial charge in [0.2, 0.25) is 0 Å². The van der Waals surface area contributed by atoms with Gasteiger partial charge in [-0.2, -0.15) is 0 Å². The van der Waals surface area contributed by atoms with E-state index in [0.717, 1.165) is 17.2 Å². The quantitative estimate of drug-likeness (QED) is 0.538. The number of pyridine rings is 1. The molecule has 0 amide bonds. The van der Waals surface area contributed by atoms with Crippen LogP contribution in [0, 0.1) is 0 Å². The Morgan fingerprint density at radius 1 is 1.60 bits per heavy atom. The molecular formula is C7H6BrNO. The van der Waals surface area contributed by atoms with Crippen molar-refractivity contribution in [2.75, 3.05) is 0 Å². The minimum Gasteiger partial charge on any atom is -0.296 e. The molecule has 0 bridgehead atoms. The van der Waals surface area contributed by atoms with Crippen LogP contribution in [-0.2, 0) is 5.33 Å². The predicted octanol–water partition coefficient (Wildman–Crippen LogP) is 1.79. The Morgan fingerprint density at radius 2 is 2.40 bits per heavy atom. The zero-order chi connectivity index (χ0) is 7.40. The summed E-state index contributed by atoms with van der Waals surface area (Å²) < 4.78 is 0. The second kappa shape index (κ2) is 3.46. The van der Waals surface area contributed by atoms with Crippen molar-refractivity contribution in [3.63, 3.8) is 0 Å². The molecule has 1 rings (SSSR count). The molecule has 0 saturated heterocycles. The number of halogens is 1. The van der Waals surface area contributed by atoms with E-state index >= 15 is 0 Å². The van der Waals surface area contributed by atoms with Gasteiger partial charge in [0.05, 0.1) is 0 Å². The van der Waals surface area contributed by atoms with Crippen molar-refractivity contribution in [1.29, 1.82) is 0 Å². The number of aldehydes is 1. The van der Waals surface area contributed by atoms with Gasteiger partial charge in [-0.15, -0.1) is 0 Å². The molecule has 0 aliphatic rings. The van der Waals surface area contributed by atoms with Crippen LogP contribution in [0.2, 0.25) is 0 Å². The van der Waals surface area contributed by atoms with E-state index in [4.69, 9.17) is 0 Å². The number of nitrogens with zero attached hydrogens (tertiary/aromatic N) is 1. The van der Waals surface area contributed by atoms with Crippen molar-refractivity contribution >= 4 is 22.2 Å². The number of rotatable bonds is 2. The Hall–Kier alpha value is -0.700. The summed E-state index contributed by atoms with van der Waals surface area (Å²) in [6.07, 6.45) is 2.41. The lowest BCUT2D eigenvalue weighted by molar-refractivity contribution is 0.111. The molecule has 0 N–H and O–H groups in total. The highest BCUT2D eigenvalue weighted by Crippen LogP contribution is 2.02. The van der Waals surface area contributed by atoms with Gasteiger partial charge in [0, 0.05) is 11.5 Å². The number of carbonyl (C=O) groups excluding carboxylic acids is 1. The maximum atomic E-state index is 10.1. The minimum atomic E-state index is 0.477. The maximum absolute atomic E-state index is 10.1. The zero-order valence-electron chi connectivity index (χ0n) is 5.25. The van der Waals surface area contributed by atoms with Crippen LogP contribution in [0.5, 0.6) is 0 Å². The molecule has 1 heterocycles. The van der Waals surface area contributed by atoms with Crippen LogP contribution < -0.4 is 0 Å². The molecule has 1 aromatic rings. The van der Waals surface area contributed by atoms with Crippen LogP contribution in [0.3, 0.4) is 0 Å². The van der Waals surface area contributed by atoms with Gasteiger partial charge >= 0.3 is 0 Å². The van der Waals surface area contributed by atoms with E-state index < -0.39 is 0 Å². The summed E-state index contributed by atoms with van der Waals surface area (Å²) in [5.41, 5.74) is 1.55. The highest BCUT2D eigenvalue weighted by atomic mass is 79.9. The minimum absolute atomic E-state index is 0.477. The lowest BCUT2D eigenvalue weighted by atomic mass is 10.3. The molecular weight excluding hydrogens is 194 g/mol. The van der Waals surface area contributed by atoms with Gasteiger partial charge in [-0.25, -0.2) is 0 Å².